The number of aliphatic imine (C=N–C) groups is 1. The molecule has 0 radical (unpaired) electrons. The fourth-order valence-electron chi connectivity index (χ4n) is 1.87. The number of halogens is 1. The van der Waals surface area contributed by atoms with E-state index in [4.69, 9.17) is 16.0 Å². The predicted octanol–water partition coefficient (Wildman–Crippen LogP) is 3.52. The van der Waals surface area contributed by atoms with E-state index in [9.17, 15) is 14.7 Å². The summed E-state index contributed by atoms with van der Waals surface area (Å²) in [5, 5.41) is 12.4. The van der Waals surface area contributed by atoms with E-state index < -0.39 is 5.97 Å². The number of hydrogen-bond acceptors (Lipinski definition) is 5. The van der Waals surface area contributed by atoms with Crippen molar-refractivity contribution in [1.82, 2.24) is 5.32 Å². The highest BCUT2D eigenvalue weighted by Crippen LogP contribution is 2.30. The van der Waals surface area contributed by atoms with Crippen molar-refractivity contribution < 1.29 is 19.1 Å². The number of carboxylic acids is 1. The fraction of sp³-hybridized carbons (Fsp3) is 0. The van der Waals surface area contributed by atoms with Crippen LogP contribution in [-0.4, -0.2) is 22.2 Å². The Morgan fingerprint density at radius 2 is 2.22 bits per heavy atom. The number of carbonyl (C=O) groups excluding carboxylic acids is 1. The van der Waals surface area contributed by atoms with E-state index in [0.29, 0.717) is 15.7 Å². The van der Waals surface area contributed by atoms with E-state index in [2.05, 4.69) is 10.3 Å². The van der Waals surface area contributed by atoms with Gasteiger partial charge in [-0.15, -0.1) is 0 Å². The number of furan rings is 1. The number of nitrogens with one attached hydrogen (secondary N) is 1. The summed E-state index contributed by atoms with van der Waals surface area (Å²) in [5.41, 5.74) is 0.173. The molecule has 1 aromatic heterocycles. The van der Waals surface area contributed by atoms with Gasteiger partial charge in [0.05, 0.1) is 22.4 Å². The van der Waals surface area contributed by atoms with Crippen molar-refractivity contribution in [3.05, 3.63) is 57.8 Å². The number of amidine groups is 1. The SMILES string of the molecule is O=C1NC(=Nc2ccc(Cl)cc2C(=O)O)S/C1=C\c1ccco1. The topological polar surface area (TPSA) is 91.9 Å². The van der Waals surface area contributed by atoms with Crippen molar-refractivity contribution >= 4 is 52.2 Å². The van der Waals surface area contributed by atoms with E-state index >= 15 is 0 Å². The molecule has 1 aromatic carbocycles. The van der Waals surface area contributed by atoms with Crippen LogP contribution in [0.3, 0.4) is 0 Å². The van der Waals surface area contributed by atoms with Gasteiger partial charge in [0, 0.05) is 11.1 Å². The summed E-state index contributed by atoms with van der Waals surface area (Å²) in [7, 11) is 0. The van der Waals surface area contributed by atoms with Crippen LogP contribution >= 0.6 is 23.4 Å². The first-order chi connectivity index (χ1) is 11.0. The number of carboxylic acid groups (broad SMARTS) is 1. The molecule has 0 saturated carbocycles. The molecule has 1 amide bonds. The monoisotopic (exact) mass is 348 g/mol. The summed E-state index contributed by atoms with van der Waals surface area (Å²) in [6, 6.07) is 7.77. The Kier molecular flexibility index (Phi) is 4.22. The van der Waals surface area contributed by atoms with Gasteiger partial charge in [-0.3, -0.25) is 4.79 Å². The van der Waals surface area contributed by atoms with Gasteiger partial charge in [0.25, 0.3) is 5.91 Å². The number of hydrogen-bond donors (Lipinski definition) is 2. The van der Waals surface area contributed by atoms with Crippen LogP contribution in [0.4, 0.5) is 5.69 Å². The maximum atomic E-state index is 11.9. The Morgan fingerprint density at radius 1 is 1.39 bits per heavy atom. The molecule has 0 unspecified atom stereocenters. The summed E-state index contributed by atoms with van der Waals surface area (Å²) in [6.07, 6.45) is 3.09. The normalized spacial score (nSPS) is 17.7. The molecule has 1 aliphatic rings. The highest BCUT2D eigenvalue weighted by molar-refractivity contribution is 8.18. The molecule has 8 heteroatoms. The minimum absolute atomic E-state index is 0.0386. The molecule has 0 atom stereocenters. The molecule has 2 heterocycles. The number of aromatic carboxylic acids is 1. The van der Waals surface area contributed by atoms with Crippen LogP contribution in [0.25, 0.3) is 6.08 Å². The number of carbonyl (C=O) groups is 2. The van der Waals surface area contributed by atoms with Crippen LogP contribution in [0.2, 0.25) is 5.02 Å². The largest absolute Gasteiger partial charge is 0.478 e. The third-order valence-corrected chi connectivity index (χ3v) is 4.02. The van der Waals surface area contributed by atoms with Crippen LogP contribution in [0.1, 0.15) is 16.1 Å². The van der Waals surface area contributed by atoms with Crippen LogP contribution < -0.4 is 5.32 Å². The van der Waals surface area contributed by atoms with E-state index in [1.54, 1.807) is 18.2 Å². The highest BCUT2D eigenvalue weighted by atomic mass is 35.5. The Morgan fingerprint density at radius 3 is 2.91 bits per heavy atom. The molecule has 2 N–H and O–H groups in total. The van der Waals surface area contributed by atoms with Crippen LogP contribution in [0.5, 0.6) is 0 Å². The van der Waals surface area contributed by atoms with Gasteiger partial charge in [-0.2, -0.15) is 0 Å². The van der Waals surface area contributed by atoms with Crippen molar-refractivity contribution in [1.29, 1.82) is 0 Å². The second kappa shape index (κ2) is 6.31. The van der Waals surface area contributed by atoms with Crippen molar-refractivity contribution in [3.63, 3.8) is 0 Å². The Labute approximate surface area is 139 Å². The summed E-state index contributed by atoms with van der Waals surface area (Å²) < 4.78 is 5.16. The third-order valence-electron chi connectivity index (χ3n) is 2.88. The van der Waals surface area contributed by atoms with Gasteiger partial charge in [0.2, 0.25) is 0 Å². The average molecular weight is 349 g/mol. The van der Waals surface area contributed by atoms with Crippen molar-refractivity contribution in [2.45, 2.75) is 0 Å². The van der Waals surface area contributed by atoms with Gasteiger partial charge < -0.3 is 14.8 Å². The molecule has 23 heavy (non-hydrogen) atoms. The van der Waals surface area contributed by atoms with Gasteiger partial charge in [-0.05, 0) is 42.1 Å². The zero-order chi connectivity index (χ0) is 16.4. The van der Waals surface area contributed by atoms with Gasteiger partial charge in [0.15, 0.2) is 5.17 Å². The predicted molar refractivity (Wildman–Crippen MR) is 87.9 cm³/mol. The highest BCUT2D eigenvalue weighted by Gasteiger charge is 2.25. The molecule has 6 nitrogen and oxygen atoms in total. The van der Waals surface area contributed by atoms with E-state index in [1.165, 1.54) is 24.5 Å². The van der Waals surface area contributed by atoms with Gasteiger partial charge in [0.1, 0.15) is 5.76 Å². The molecule has 2 aromatic rings. The van der Waals surface area contributed by atoms with Gasteiger partial charge in [-0.25, -0.2) is 9.79 Å². The molecular weight excluding hydrogens is 340 g/mol. The van der Waals surface area contributed by atoms with Crippen LogP contribution in [0.15, 0.2) is 50.9 Å². The zero-order valence-corrected chi connectivity index (χ0v) is 13.0. The molecule has 3 rings (SSSR count). The lowest BCUT2D eigenvalue weighted by molar-refractivity contribution is -0.115. The molecule has 1 saturated heterocycles. The van der Waals surface area contributed by atoms with E-state index in [0.717, 1.165) is 11.8 Å². The zero-order valence-electron chi connectivity index (χ0n) is 11.4. The van der Waals surface area contributed by atoms with Crippen LogP contribution in [-0.2, 0) is 4.79 Å². The van der Waals surface area contributed by atoms with Crippen molar-refractivity contribution in [2.24, 2.45) is 4.99 Å². The maximum Gasteiger partial charge on any atom is 0.337 e. The van der Waals surface area contributed by atoms with Crippen LogP contribution in [0, 0.1) is 0 Å². The Balaban J connectivity index is 1.91. The fourth-order valence-corrected chi connectivity index (χ4v) is 2.86. The summed E-state index contributed by atoms with van der Waals surface area (Å²) in [5.74, 6) is -0.926. The molecule has 1 aliphatic heterocycles. The molecule has 0 spiro atoms. The standard InChI is InChI=1S/C15H9ClN2O4S/c16-8-3-4-11(10(6-8)14(20)21)17-15-18-13(19)12(23-15)7-9-2-1-5-22-9/h1-7H,(H,20,21)(H,17,18,19)/b12-7-. The quantitative estimate of drug-likeness (QED) is 0.828. The van der Waals surface area contributed by atoms with E-state index in [-0.39, 0.29) is 22.3 Å². The van der Waals surface area contributed by atoms with Gasteiger partial charge in [-0.1, -0.05) is 11.6 Å². The molecular formula is C15H9ClN2O4S. The minimum atomic E-state index is -1.15. The summed E-state index contributed by atoms with van der Waals surface area (Å²) >= 11 is 6.90. The average Bonchev–Trinajstić information content (AvgIpc) is 3.12. The Hall–Kier alpha value is -2.51. The first-order valence-electron chi connectivity index (χ1n) is 6.39. The minimum Gasteiger partial charge on any atom is -0.478 e. The number of thioether (sulfide) groups is 1. The number of nitrogens with zero attached hydrogens (tertiary/aromatic N) is 1. The van der Waals surface area contributed by atoms with Crippen molar-refractivity contribution in [2.75, 3.05) is 0 Å². The smallest absolute Gasteiger partial charge is 0.337 e. The van der Waals surface area contributed by atoms with Gasteiger partial charge >= 0.3 is 5.97 Å². The van der Waals surface area contributed by atoms with Crippen molar-refractivity contribution in [3.8, 4) is 0 Å². The number of rotatable bonds is 3. The number of benzene rings is 1. The second-order valence-corrected chi connectivity index (χ2v) is 5.93. The first-order valence-corrected chi connectivity index (χ1v) is 7.58. The first kappa shape index (κ1) is 15.4. The summed E-state index contributed by atoms with van der Waals surface area (Å²) in [4.78, 5) is 27.8. The summed E-state index contributed by atoms with van der Waals surface area (Å²) in [6.45, 7) is 0. The maximum absolute atomic E-state index is 11.9. The molecule has 0 aliphatic carbocycles. The third kappa shape index (κ3) is 3.46. The second-order valence-electron chi connectivity index (χ2n) is 4.46. The number of amides is 1. The molecule has 1 fully saturated rings. The molecule has 116 valence electrons. The lowest BCUT2D eigenvalue weighted by Gasteiger charge is -2.02. The molecule has 0 bridgehead atoms. The Bertz CT molecular complexity index is 843. The lowest BCUT2D eigenvalue weighted by atomic mass is 10.2. The lowest BCUT2D eigenvalue weighted by Crippen LogP contribution is -2.19. The van der Waals surface area contributed by atoms with E-state index in [1.807, 2.05) is 0 Å².